The first kappa shape index (κ1) is 18.7. The van der Waals surface area contributed by atoms with E-state index in [0.29, 0.717) is 49.4 Å². The number of phenolic OH excluding ortho intramolecular Hbond substituents is 1. The SMILES string of the molecule is COc1cccc([C@@H](c2cc3c(cc2O)OCCO3)N2CCOCC2)c1OC. The van der Waals surface area contributed by atoms with Crippen LogP contribution < -0.4 is 18.9 Å². The van der Waals surface area contributed by atoms with Gasteiger partial charge in [0.1, 0.15) is 19.0 Å². The number of aromatic hydroxyl groups is 1. The van der Waals surface area contributed by atoms with E-state index in [4.69, 9.17) is 23.7 Å². The Kier molecular flexibility index (Phi) is 5.45. The predicted molar refractivity (Wildman–Crippen MR) is 103 cm³/mol. The molecule has 2 aliphatic rings. The zero-order valence-electron chi connectivity index (χ0n) is 16.1. The Balaban J connectivity index is 1.86. The molecule has 0 unspecified atom stereocenters. The van der Waals surface area contributed by atoms with Crippen LogP contribution in [0.4, 0.5) is 0 Å². The molecule has 0 saturated carbocycles. The van der Waals surface area contributed by atoms with Crippen molar-refractivity contribution in [2.45, 2.75) is 6.04 Å². The maximum absolute atomic E-state index is 10.9. The summed E-state index contributed by atoms with van der Waals surface area (Å²) in [5.41, 5.74) is 1.65. The number of benzene rings is 2. The molecule has 7 nitrogen and oxygen atoms in total. The Morgan fingerprint density at radius 3 is 2.32 bits per heavy atom. The summed E-state index contributed by atoms with van der Waals surface area (Å²) in [6.45, 7) is 3.70. The molecule has 2 aromatic rings. The molecule has 150 valence electrons. The lowest BCUT2D eigenvalue weighted by molar-refractivity contribution is 0.0230. The number of ether oxygens (including phenoxy) is 5. The highest BCUT2D eigenvalue weighted by molar-refractivity contribution is 5.57. The number of phenols is 1. The molecule has 0 radical (unpaired) electrons. The van der Waals surface area contributed by atoms with Crippen molar-refractivity contribution in [1.82, 2.24) is 4.90 Å². The minimum Gasteiger partial charge on any atom is -0.507 e. The van der Waals surface area contributed by atoms with E-state index in [1.54, 1.807) is 20.3 Å². The summed E-state index contributed by atoms with van der Waals surface area (Å²) >= 11 is 0. The van der Waals surface area contributed by atoms with Crippen molar-refractivity contribution >= 4 is 0 Å². The van der Waals surface area contributed by atoms with Crippen LogP contribution in [-0.2, 0) is 4.74 Å². The number of methoxy groups -OCH3 is 2. The number of fused-ring (bicyclic) bond motifs is 1. The van der Waals surface area contributed by atoms with Crippen LogP contribution in [0.5, 0.6) is 28.7 Å². The summed E-state index contributed by atoms with van der Waals surface area (Å²) in [6.07, 6.45) is 0. The molecule has 7 heteroatoms. The molecular formula is C21H25NO6. The summed E-state index contributed by atoms with van der Waals surface area (Å²) in [5, 5.41) is 10.9. The van der Waals surface area contributed by atoms with E-state index in [0.717, 1.165) is 24.2 Å². The van der Waals surface area contributed by atoms with E-state index in [9.17, 15) is 5.11 Å². The maximum atomic E-state index is 10.9. The molecule has 0 aromatic heterocycles. The van der Waals surface area contributed by atoms with Crippen LogP contribution in [0.1, 0.15) is 17.2 Å². The van der Waals surface area contributed by atoms with Crippen LogP contribution in [0.15, 0.2) is 30.3 Å². The number of morpholine rings is 1. The van der Waals surface area contributed by atoms with Crippen LogP contribution in [-0.4, -0.2) is 63.7 Å². The Morgan fingerprint density at radius 2 is 1.64 bits per heavy atom. The van der Waals surface area contributed by atoms with E-state index in [2.05, 4.69) is 4.90 Å². The molecule has 0 bridgehead atoms. The Labute approximate surface area is 164 Å². The van der Waals surface area contributed by atoms with Crippen LogP contribution in [0, 0.1) is 0 Å². The topological polar surface area (TPSA) is 69.6 Å². The van der Waals surface area contributed by atoms with Gasteiger partial charge >= 0.3 is 0 Å². The standard InChI is InChI=1S/C21H25NO6/c1-24-17-5-3-4-14(21(17)25-2)20(22-6-8-26-9-7-22)15-12-18-19(13-16(15)23)28-11-10-27-18/h3-5,12-13,20,23H,6-11H2,1-2H3/t20-/m0/s1. The number of hydrogen-bond acceptors (Lipinski definition) is 7. The lowest BCUT2D eigenvalue weighted by Gasteiger charge is -2.36. The average Bonchev–Trinajstić information content (AvgIpc) is 2.74. The first-order valence-corrected chi connectivity index (χ1v) is 9.38. The summed E-state index contributed by atoms with van der Waals surface area (Å²) in [4.78, 5) is 2.27. The molecule has 1 saturated heterocycles. The second-order valence-corrected chi connectivity index (χ2v) is 6.69. The Bertz CT molecular complexity index is 834. The van der Waals surface area contributed by atoms with E-state index in [1.807, 2.05) is 24.3 Å². The molecular weight excluding hydrogens is 362 g/mol. The second kappa shape index (κ2) is 8.16. The van der Waals surface area contributed by atoms with Gasteiger partial charge in [0, 0.05) is 30.3 Å². The zero-order valence-corrected chi connectivity index (χ0v) is 16.1. The largest absolute Gasteiger partial charge is 0.507 e. The average molecular weight is 387 g/mol. The van der Waals surface area contributed by atoms with Gasteiger partial charge < -0.3 is 28.8 Å². The lowest BCUT2D eigenvalue weighted by atomic mass is 9.94. The van der Waals surface area contributed by atoms with Gasteiger partial charge in [-0.25, -0.2) is 0 Å². The van der Waals surface area contributed by atoms with Crippen molar-refractivity contribution in [2.24, 2.45) is 0 Å². The van der Waals surface area contributed by atoms with Crippen LogP contribution in [0.2, 0.25) is 0 Å². The van der Waals surface area contributed by atoms with Crippen molar-refractivity contribution in [3.63, 3.8) is 0 Å². The van der Waals surface area contributed by atoms with Gasteiger partial charge in [-0.3, -0.25) is 4.90 Å². The molecule has 2 aliphatic heterocycles. The van der Waals surface area contributed by atoms with E-state index in [-0.39, 0.29) is 11.8 Å². The summed E-state index contributed by atoms with van der Waals surface area (Å²) < 4.78 is 28.1. The smallest absolute Gasteiger partial charge is 0.165 e. The van der Waals surface area contributed by atoms with Crippen molar-refractivity contribution in [2.75, 3.05) is 53.7 Å². The molecule has 1 fully saturated rings. The summed E-state index contributed by atoms with van der Waals surface area (Å²) in [7, 11) is 3.24. The summed E-state index contributed by atoms with van der Waals surface area (Å²) in [5.74, 6) is 2.65. The highest BCUT2D eigenvalue weighted by Gasteiger charge is 2.31. The van der Waals surface area contributed by atoms with Gasteiger partial charge in [0.15, 0.2) is 23.0 Å². The minimum absolute atomic E-state index is 0.158. The van der Waals surface area contributed by atoms with Gasteiger partial charge in [-0.05, 0) is 12.1 Å². The van der Waals surface area contributed by atoms with Crippen LogP contribution >= 0.6 is 0 Å². The third-order valence-electron chi connectivity index (χ3n) is 5.12. The van der Waals surface area contributed by atoms with Gasteiger partial charge in [-0.15, -0.1) is 0 Å². The van der Waals surface area contributed by atoms with Gasteiger partial charge in [0.2, 0.25) is 0 Å². The maximum Gasteiger partial charge on any atom is 0.165 e. The molecule has 1 atom stereocenters. The fourth-order valence-corrected chi connectivity index (χ4v) is 3.84. The number of rotatable bonds is 5. The second-order valence-electron chi connectivity index (χ2n) is 6.69. The van der Waals surface area contributed by atoms with E-state index < -0.39 is 0 Å². The first-order valence-electron chi connectivity index (χ1n) is 9.38. The highest BCUT2D eigenvalue weighted by atomic mass is 16.6. The fourth-order valence-electron chi connectivity index (χ4n) is 3.84. The normalized spacial score (nSPS) is 17.8. The van der Waals surface area contributed by atoms with E-state index in [1.165, 1.54) is 0 Å². The molecule has 4 rings (SSSR count). The number of para-hydroxylation sites is 1. The van der Waals surface area contributed by atoms with Crippen LogP contribution in [0.3, 0.4) is 0 Å². The first-order chi connectivity index (χ1) is 13.7. The molecule has 0 amide bonds. The zero-order chi connectivity index (χ0) is 19.5. The molecule has 2 heterocycles. The van der Waals surface area contributed by atoms with Crippen molar-refractivity contribution in [1.29, 1.82) is 0 Å². The van der Waals surface area contributed by atoms with Crippen LogP contribution in [0.25, 0.3) is 0 Å². The van der Waals surface area contributed by atoms with Gasteiger partial charge in [-0.2, -0.15) is 0 Å². The lowest BCUT2D eigenvalue weighted by Crippen LogP contribution is -2.39. The Hall–Kier alpha value is -2.64. The Morgan fingerprint density at radius 1 is 0.929 bits per heavy atom. The number of hydrogen-bond donors (Lipinski definition) is 1. The van der Waals surface area contributed by atoms with Gasteiger partial charge in [-0.1, -0.05) is 12.1 Å². The third-order valence-corrected chi connectivity index (χ3v) is 5.12. The van der Waals surface area contributed by atoms with Crippen molar-refractivity contribution in [3.05, 3.63) is 41.5 Å². The minimum atomic E-state index is -0.246. The summed E-state index contributed by atoms with van der Waals surface area (Å²) in [6, 6.07) is 9.04. The van der Waals surface area contributed by atoms with Gasteiger partial charge in [0.05, 0.1) is 33.5 Å². The quantitative estimate of drug-likeness (QED) is 0.846. The van der Waals surface area contributed by atoms with Gasteiger partial charge in [0.25, 0.3) is 0 Å². The van der Waals surface area contributed by atoms with E-state index >= 15 is 0 Å². The molecule has 2 aromatic carbocycles. The van der Waals surface area contributed by atoms with Crippen molar-refractivity contribution < 1.29 is 28.8 Å². The molecule has 0 aliphatic carbocycles. The van der Waals surface area contributed by atoms with Crippen molar-refractivity contribution in [3.8, 4) is 28.7 Å². The monoisotopic (exact) mass is 387 g/mol. The molecule has 1 N–H and O–H groups in total. The molecule has 0 spiro atoms. The number of nitrogens with zero attached hydrogens (tertiary/aromatic N) is 1. The molecule has 28 heavy (non-hydrogen) atoms. The fraction of sp³-hybridized carbons (Fsp3) is 0.429. The third kappa shape index (κ3) is 3.43. The highest BCUT2D eigenvalue weighted by Crippen LogP contribution is 2.46. The predicted octanol–water partition coefficient (Wildman–Crippen LogP) is 2.60.